The molecule has 2 aromatic carbocycles. The Morgan fingerprint density at radius 1 is 1.09 bits per heavy atom. The molecule has 1 aliphatic rings. The molecule has 7 heteroatoms. The van der Waals surface area contributed by atoms with Gasteiger partial charge in [0.15, 0.2) is 21.3 Å². The van der Waals surface area contributed by atoms with Gasteiger partial charge in [-0.05, 0) is 36.4 Å². The van der Waals surface area contributed by atoms with Gasteiger partial charge in [0.05, 0.1) is 4.90 Å². The lowest BCUT2D eigenvalue weighted by molar-refractivity contribution is -0.125. The number of benzene rings is 2. The first kappa shape index (κ1) is 15.4. The van der Waals surface area contributed by atoms with E-state index in [0.717, 1.165) is 6.26 Å². The maximum Gasteiger partial charge on any atom is 0.269 e. The van der Waals surface area contributed by atoms with Crippen LogP contribution in [0.3, 0.4) is 0 Å². The average Bonchev–Trinajstić information content (AvgIpc) is 2.54. The van der Waals surface area contributed by atoms with Gasteiger partial charge in [0.25, 0.3) is 5.91 Å². The molecule has 3 rings (SSSR count). The summed E-state index contributed by atoms with van der Waals surface area (Å²) in [7, 11) is -3.26. The third-order valence-corrected chi connectivity index (χ3v) is 4.48. The number of nitrogens with one attached hydrogen (secondary N) is 1. The first-order valence-corrected chi connectivity index (χ1v) is 8.82. The number of fused-ring (bicyclic) bond motifs is 1. The van der Waals surface area contributed by atoms with Crippen LogP contribution in [0.25, 0.3) is 0 Å². The van der Waals surface area contributed by atoms with Gasteiger partial charge in [-0.1, -0.05) is 12.1 Å². The highest BCUT2D eigenvalue weighted by atomic mass is 32.2. The van der Waals surface area contributed by atoms with Crippen LogP contribution in [0.15, 0.2) is 53.4 Å². The summed E-state index contributed by atoms with van der Waals surface area (Å²) in [4.78, 5) is 12.4. The van der Waals surface area contributed by atoms with Crippen molar-refractivity contribution in [2.75, 3.05) is 18.2 Å². The molecule has 120 valence electrons. The van der Waals surface area contributed by atoms with Crippen molar-refractivity contribution in [2.45, 2.75) is 11.0 Å². The van der Waals surface area contributed by atoms with E-state index in [1.54, 1.807) is 18.2 Å². The Hall–Kier alpha value is -2.54. The molecule has 0 aliphatic carbocycles. The van der Waals surface area contributed by atoms with Gasteiger partial charge in [0.2, 0.25) is 6.10 Å². The van der Waals surface area contributed by atoms with Gasteiger partial charge < -0.3 is 14.8 Å². The zero-order valence-electron chi connectivity index (χ0n) is 12.4. The highest BCUT2D eigenvalue weighted by Crippen LogP contribution is 2.31. The zero-order chi connectivity index (χ0) is 16.4. The number of ether oxygens (including phenoxy) is 2. The number of para-hydroxylation sites is 2. The van der Waals surface area contributed by atoms with E-state index < -0.39 is 15.9 Å². The van der Waals surface area contributed by atoms with Crippen molar-refractivity contribution in [2.24, 2.45) is 0 Å². The van der Waals surface area contributed by atoms with Crippen LogP contribution in [-0.4, -0.2) is 33.3 Å². The topological polar surface area (TPSA) is 81.7 Å². The second-order valence-electron chi connectivity index (χ2n) is 5.15. The van der Waals surface area contributed by atoms with Gasteiger partial charge in [-0.15, -0.1) is 0 Å². The highest BCUT2D eigenvalue weighted by Gasteiger charge is 2.27. The van der Waals surface area contributed by atoms with Crippen LogP contribution in [0, 0.1) is 0 Å². The molecule has 0 spiro atoms. The van der Waals surface area contributed by atoms with Gasteiger partial charge >= 0.3 is 0 Å². The summed E-state index contributed by atoms with van der Waals surface area (Å²) in [6.07, 6.45) is 0.366. The van der Waals surface area contributed by atoms with Gasteiger partial charge in [-0.3, -0.25) is 4.79 Å². The van der Waals surface area contributed by atoms with E-state index in [1.807, 2.05) is 6.07 Å². The fourth-order valence-electron chi connectivity index (χ4n) is 2.16. The van der Waals surface area contributed by atoms with Gasteiger partial charge in [0, 0.05) is 11.9 Å². The summed E-state index contributed by atoms with van der Waals surface area (Å²) in [5.74, 6) is 0.770. The fourth-order valence-corrected chi connectivity index (χ4v) is 2.79. The summed E-state index contributed by atoms with van der Waals surface area (Å²) in [5.41, 5.74) is 0.491. The molecule has 23 heavy (non-hydrogen) atoms. The number of carbonyl (C=O) groups is 1. The first-order valence-electron chi connectivity index (χ1n) is 6.93. The predicted octanol–water partition coefficient (Wildman–Crippen LogP) is 1.87. The van der Waals surface area contributed by atoms with Crippen molar-refractivity contribution in [3.8, 4) is 11.5 Å². The Morgan fingerprint density at radius 3 is 2.39 bits per heavy atom. The van der Waals surface area contributed by atoms with Crippen molar-refractivity contribution in [3.05, 3.63) is 48.5 Å². The summed E-state index contributed by atoms with van der Waals surface area (Å²) in [6, 6.07) is 13.1. The van der Waals surface area contributed by atoms with Crippen LogP contribution < -0.4 is 14.8 Å². The van der Waals surface area contributed by atoms with Gasteiger partial charge in [-0.25, -0.2) is 8.42 Å². The number of carbonyl (C=O) groups excluding carboxylic acids is 1. The molecular weight excluding hydrogens is 318 g/mol. The number of rotatable bonds is 3. The van der Waals surface area contributed by atoms with Gasteiger partial charge in [0.1, 0.15) is 6.61 Å². The lowest BCUT2D eigenvalue weighted by atomic mass is 10.2. The highest BCUT2D eigenvalue weighted by molar-refractivity contribution is 7.90. The largest absolute Gasteiger partial charge is 0.485 e. The second kappa shape index (κ2) is 5.92. The molecule has 0 radical (unpaired) electrons. The Balaban J connectivity index is 1.68. The molecule has 0 saturated carbocycles. The van der Waals surface area contributed by atoms with Gasteiger partial charge in [-0.2, -0.15) is 0 Å². The van der Waals surface area contributed by atoms with Crippen molar-refractivity contribution < 1.29 is 22.7 Å². The second-order valence-corrected chi connectivity index (χ2v) is 7.17. The first-order chi connectivity index (χ1) is 10.9. The molecule has 0 aromatic heterocycles. The summed E-state index contributed by atoms with van der Waals surface area (Å²) in [5, 5.41) is 2.68. The molecule has 0 fully saturated rings. The minimum absolute atomic E-state index is 0.115. The van der Waals surface area contributed by atoms with Crippen LogP contribution in [0.1, 0.15) is 0 Å². The molecule has 1 heterocycles. The Labute approximate surface area is 134 Å². The maximum atomic E-state index is 12.2. The van der Waals surface area contributed by atoms with Crippen molar-refractivity contribution in [1.29, 1.82) is 0 Å². The molecule has 1 aliphatic heterocycles. The fraction of sp³-hybridized carbons (Fsp3) is 0.188. The van der Waals surface area contributed by atoms with E-state index in [4.69, 9.17) is 9.47 Å². The molecule has 1 N–H and O–H groups in total. The van der Waals surface area contributed by atoms with E-state index >= 15 is 0 Å². The van der Waals surface area contributed by atoms with Crippen LogP contribution in [-0.2, 0) is 14.6 Å². The van der Waals surface area contributed by atoms with E-state index in [2.05, 4.69) is 5.32 Å². The monoisotopic (exact) mass is 333 g/mol. The average molecular weight is 333 g/mol. The molecular formula is C16H15NO5S. The molecule has 0 bridgehead atoms. The minimum atomic E-state index is -3.26. The van der Waals surface area contributed by atoms with Crippen LogP contribution >= 0.6 is 0 Å². The lowest BCUT2D eigenvalue weighted by Gasteiger charge is -2.25. The summed E-state index contributed by atoms with van der Waals surface area (Å²) in [6.45, 7) is 0.115. The number of amides is 1. The molecule has 1 atom stereocenters. The SMILES string of the molecule is CS(=O)(=O)c1ccc(NC(=O)[C@@H]2COc3ccccc3O2)cc1. The molecule has 0 saturated heterocycles. The molecule has 2 aromatic rings. The molecule has 1 amide bonds. The van der Waals surface area contributed by atoms with Crippen molar-refractivity contribution in [1.82, 2.24) is 0 Å². The Bertz CT molecular complexity index is 830. The lowest BCUT2D eigenvalue weighted by Crippen LogP contribution is -2.40. The van der Waals surface area contributed by atoms with Crippen LogP contribution in [0.2, 0.25) is 0 Å². The van der Waals surface area contributed by atoms with Crippen molar-refractivity contribution >= 4 is 21.4 Å². The standard InChI is InChI=1S/C16H15NO5S/c1-23(19,20)12-8-6-11(7-9-12)17-16(18)15-10-21-13-4-2-3-5-14(13)22-15/h2-9,15H,10H2,1H3,(H,17,18)/t15-/m0/s1. The predicted molar refractivity (Wildman–Crippen MR) is 84.5 cm³/mol. The quantitative estimate of drug-likeness (QED) is 0.927. The minimum Gasteiger partial charge on any atom is -0.485 e. The normalized spacial score (nSPS) is 16.7. The van der Waals surface area contributed by atoms with Crippen molar-refractivity contribution in [3.63, 3.8) is 0 Å². The summed E-state index contributed by atoms with van der Waals surface area (Å²) < 4.78 is 33.9. The number of hydrogen-bond acceptors (Lipinski definition) is 5. The number of anilines is 1. The maximum absolute atomic E-state index is 12.2. The van der Waals surface area contributed by atoms with E-state index in [0.29, 0.717) is 17.2 Å². The third-order valence-electron chi connectivity index (χ3n) is 3.35. The van der Waals surface area contributed by atoms with Crippen LogP contribution in [0.5, 0.6) is 11.5 Å². The zero-order valence-corrected chi connectivity index (χ0v) is 13.2. The van der Waals surface area contributed by atoms with Crippen LogP contribution in [0.4, 0.5) is 5.69 Å². The van der Waals surface area contributed by atoms with E-state index in [-0.39, 0.29) is 17.4 Å². The smallest absolute Gasteiger partial charge is 0.269 e. The molecule has 0 unspecified atom stereocenters. The summed E-state index contributed by atoms with van der Waals surface area (Å²) >= 11 is 0. The molecule has 6 nitrogen and oxygen atoms in total. The number of sulfone groups is 1. The number of hydrogen-bond donors (Lipinski definition) is 1. The Kier molecular flexibility index (Phi) is 3.96. The van der Waals surface area contributed by atoms with E-state index in [9.17, 15) is 13.2 Å². The third kappa shape index (κ3) is 3.45. The van der Waals surface area contributed by atoms with E-state index in [1.165, 1.54) is 24.3 Å². The Morgan fingerprint density at radius 2 is 1.74 bits per heavy atom.